The predicted octanol–water partition coefficient (Wildman–Crippen LogP) is 0.990. The first-order chi connectivity index (χ1) is 9.40. The lowest BCUT2D eigenvalue weighted by Gasteiger charge is -2.38. The van der Waals surface area contributed by atoms with E-state index in [-0.39, 0.29) is 6.04 Å². The predicted molar refractivity (Wildman–Crippen MR) is 72.5 cm³/mol. The van der Waals surface area contributed by atoms with Crippen LogP contribution in [0.5, 0.6) is 0 Å². The lowest BCUT2D eigenvalue weighted by atomic mass is 9.87. The molecular weight excluding hydrogens is 260 g/mol. The van der Waals surface area contributed by atoms with Gasteiger partial charge in [0.05, 0.1) is 17.7 Å². The van der Waals surface area contributed by atoms with Crippen molar-refractivity contribution in [2.45, 2.75) is 45.3 Å². The second kappa shape index (κ2) is 5.93. The second-order valence-electron chi connectivity index (χ2n) is 5.68. The van der Waals surface area contributed by atoms with Crippen LogP contribution in [0.15, 0.2) is 4.52 Å². The monoisotopic (exact) mass is 282 g/mol. The number of aromatic nitrogens is 1. The second-order valence-corrected chi connectivity index (χ2v) is 5.68. The highest BCUT2D eigenvalue weighted by molar-refractivity contribution is 5.71. The van der Waals surface area contributed by atoms with E-state index in [1.54, 1.807) is 0 Å². The molecule has 6 heteroatoms. The van der Waals surface area contributed by atoms with E-state index in [9.17, 15) is 9.90 Å². The van der Waals surface area contributed by atoms with Crippen LogP contribution in [0, 0.1) is 19.8 Å². The first-order valence-corrected chi connectivity index (χ1v) is 6.93. The summed E-state index contributed by atoms with van der Waals surface area (Å²) in [6.07, 6.45) is 1.43. The summed E-state index contributed by atoms with van der Waals surface area (Å²) < 4.78 is 5.14. The Labute approximate surface area is 118 Å². The number of aliphatic carboxylic acids is 1. The molecule has 2 rings (SSSR count). The van der Waals surface area contributed by atoms with Crippen molar-refractivity contribution in [1.29, 1.82) is 0 Å². The van der Waals surface area contributed by atoms with Crippen molar-refractivity contribution in [1.82, 2.24) is 10.1 Å². The van der Waals surface area contributed by atoms with Gasteiger partial charge in [-0.15, -0.1) is 0 Å². The number of hydrogen-bond donors (Lipinski definition) is 2. The first kappa shape index (κ1) is 15.0. The third-order valence-corrected chi connectivity index (χ3v) is 4.31. The standard InChI is InChI=1S/C14H22N2O4/c1-8-11(9(2)20-15-8)5-4-10-6-13(17)12(14(18)19)7-16(10)3/h10,12-13,17H,4-7H2,1-3H3,(H,18,19). The van der Waals surface area contributed by atoms with Gasteiger partial charge in [-0.25, -0.2) is 0 Å². The summed E-state index contributed by atoms with van der Waals surface area (Å²) in [5.74, 6) is -0.770. The first-order valence-electron chi connectivity index (χ1n) is 6.93. The molecule has 1 aromatic heterocycles. The van der Waals surface area contributed by atoms with Crippen molar-refractivity contribution in [2.24, 2.45) is 5.92 Å². The molecule has 1 aromatic rings. The normalized spacial score (nSPS) is 27.7. The third-order valence-electron chi connectivity index (χ3n) is 4.31. The van der Waals surface area contributed by atoms with Gasteiger partial charge in [0.15, 0.2) is 0 Å². The Kier molecular flexibility index (Phi) is 4.45. The number of aliphatic hydroxyl groups excluding tert-OH is 1. The van der Waals surface area contributed by atoms with Crippen molar-refractivity contribution >= 4 is 5.97 Å². The summed E-state index contributed by atoms with van der Waals surface area (Å²) in [6.45, 7) is 4.21. The number of rotatable bonds is 4. The van der Waals surface area contributed by atoms with Crippen molar-refractivity contribution in [2.75, 3.05) is 13.6 Å². The third kappa shape index (κ3) is 3.02. The SMILES string of the molecule is Cc1noc(C)c1CCC1CC(O)C(C(=O)O)CN1C. The molecule has 1 aliphatic rings. The van der Waals surface area contributed by atoms with Crippen molar-refractivity contribution in [3.8, 4) is 0 Å². The minimum absolute atomic E-state index is 0.189. The van der Waals surface area contributed by atoms with Gasteiger partial charge < -0.3 is 19.6 Å². The van der Waals surface area contributed by atoms with E-state index in [4.69, 9.17) is 9.63 Å². The number of aryl methyl sites for hydroxylation is 2. The fraction of sp³-hybridized carbons (Fsp3) is 0.714. The van der Waals surface area contributed by atoms with E-state index in [0.717, 1.165) is 29.9 Å². The average molecular weight is 282 g/mol. The van der Waals surface area contributed by atoms with E-state index in [2.05, 4.69) is 5.16 Å². The molecule has 2 N–H and O–H groups in total. The lowest BCUT2D eigenvalue weighted by molar-refractivity contribution is -0.149. The summed E-state index contributed by atoms with van der Waals surface area (Å²) in [4.78, 5) is 13.1. The number of hydrogen-bond acceptors (Lipinski definition) is 5. The van der Waals surface area contributed by atoms with E-state index >= 15 is 0 Å². The molecule has 1 fully saturated rings. The molecule has 20 heavy (non-hydrogen) atoms. The van der Waals surface area contributed by atoms with Gasteiger partial charge in [0.2, 0.25) is 0 Å². The lowest BCUT2D eigenvalue weighted by Crippen LogP contribution is -2.50. The maximum atomic E-state index is 11.0. The summed E-state index contributed by atoms with van der Waals surface area (Å²) in [5, 5.41) is 22.9. The highest BCUT2D eigenvalue weighted by atomic mass is 16.5. The molecule has 3 unspecified atom stereocenters. The van der Waals surface area contributed by atoms with Gasteiger partial charge in [0, 0.05) is 18.2 Å². The summed E-state index contributed by atoms with van der Waals surface area (Å²) in [5.41, 5.74) is 2.03. The molecule has 0 saturated carbocycles. The quantitative estimate of drug-likeness (QED) is 0.856. The molecule has 1 aliphatic heterocycles. The Hall–Kier alpha value is -1.40. The van der Waals surface area contributed by atoms with Gasteiger partial charge in [-0.2, -0.15) is 0 Å². The van der Waals surface area contributed by atoms with Crippen LogP contribution in [0.2, 0.25) is 0 Å². The van der Waals surface area contributed by atoms with Crippen LogP contribution in [0.3, 0.4) is 0 Å². The number of carboxylic acid groups (broad SMARTS) is 1. The number of likely N-dealkylation sites (tertiary alicyclic amines) is 1. The van der Waals surface area contributed by atoms with E-state index in [1.165, 1.54) is 0 Å². The number of piperidine rings is 1. The molecular formula is C14H22N2O4. The Bertz CT molecular complexity index is 466. The van der Waals surface area contributed by atoms with Crippen LogP contribution in [-0.4, -0.2) is 52.0 Å². The molecule has 0 spiro atoms. The van der Waals surface area contributed by atoms with Gasteiger partial charge in [0.25, 0.3) is 0 Å². The maximum Gasteiger partial charge on any atom is 0.310 e. The highest BCUT2D eigenvalue weighted by Gasteiger charge is 2.36. The van der Waals surface area contributed by atoms with Gasteiger partial charge in [-0.05, 0) is 40.2 Å². The van der Waals surface area contributed by atoms with Crippen LogP contribution < -0.4 is 0 Å². The minimum Gasteiger partial charge on any atom is -0.481 e. The topological polar surface area (TPSA) is 86.8 Å². The molecule has 2 heterocycles. The molecule has 0 amide bonds. The van der Waals surface area contributed by atoms with Crippen LogP contribution in [0.1, 0.15) is 29.9 Å². The molecule has 0 bridgehead atoms. The molecule has 3 atom stereocenters. The zero-order valence-electron chi connectivity index (χ0n) is 12.2. The molecule has 0 radical (unpaired) electrons. The van der Waals surface area contributed by atoms with Gasteiger partial charge in [-0.1, -0.05) is 5.16 Å². The summed E-state index contributed by atoms with van der Waals surface area (Å²) in [6, 6.07) is 0.189. The van der Waals surface area contributed by atoms with Crippen LogP contribution in [0.4, 0.5) is 0 Å². The Morgan fingerprint density at radius 3 is 2.75 bits per heavy atom. The average Bonchev–Trinajstić information content (AvgIpc) is 2.69. The van der Waals surface area contributed by atoms with Gasteiger partial charge in [-0.3, -0.25) is 4.79 Å². The number of carboxylic acids is 1. The van der Waals surface area contributed by atoms with E-state index < -0.39 is 18.0 Å². The molecule has 0 aromatic carbocycles. The van der Waals surface area contributed by atoms with Crippen LogP contribution in [0.25, 0.3) is 0 Å². The molecule has 112 valence electrons. The molecule has 6 nitrogen and oxygen atoms in total. The van der Waals surface area contributed by atoms with Gasteiger partial charge >= 0.3 is 5.97 Å². The zero-order valence-corrected chi connectivity index (χ0v) is 12.2. The molecule has 1 saturated heterocycles. The summed E-state index contributed by atoms with van der Waals surface area (Å²) >= 11 is 0. The fourth-order valence-electron chi connectivity index (χ4n) is 2.95. The Morgan fingerprint density at radius 2 is 2.20 bits per heavy atom. The Balaban J connectivity index is 1.96. The fourth-order valence-corrected chi connectivity index (χ4v) is 2.95. The smallest absolute Gasteiger partial charge is 0.310 e. The van der Waals surface area contributed by atoms with Crippen LogP contribution in [-0.2, 0) is 11.2 Å². The highest BCUT2D eigenvalue weighted by Crippen LogP contribution is 2.25. The number of nitrogens with zero attached hydrogens (tertiary/aromatic N) is 2. The largest absolute Gasteiger partial charge is 0.481 e. The maximum absolute atomic E-state index is 11.0. The number of carbonyl (C=O) groups is 1. The molecule has 0 aliphatic carbocycles. The zero-order chi connectivity index (χ0) is 14.9. The van der Waals surface area contributed by atoms with Gasteiger partial charge in [0.1, 0.15) is 5.76 Å². The summed E-state index contributed by atoms with van der Waals surface area (Å²) in [7, 11) is 1.92. The van der Waals surface area contributed by atoms with Crippen LogP contribution >= 0.6 is 0 Å². The van der Waals surface area contributed by atoms with E-state index in [1.807, 2.05) is 25.8 Å². The van der Waals surface area contributed by atoms with Crippen molar-refractivity contribution in [3.63, 3.8) is 0 Å². The minimum atomic E-state index is -0.923. The van der Waals surface area contributed by atoms with Crippen molar-refractivity contribution < 1.29 is 19.5 Å². The van der Waals surface area contributed by atoms with Crippen molar-refractivity contribution in [3.05, 3.63) is 17.0 Å². The number of aliphatic hydroxyl groups is 1. The van der Waals surface area contributed by atoms with E-state index in [0.29, 0.717) is 13.0 Å². The Morgan fingerprint density at radius 1 is 1.50 bits per heavy atom.